The molecule has 0 radical (unpaired) electrons. The first-order valence-electron chi connectivity index (χ1n) is 9.77. The van der Waals surface area contributed by atoms with E-state index >= 15 is 0 Å². The number of H-pyrrole nitrogens is 1. The van der Waals surface area contributed by atoms with Crippen molar-refractivity contribution in [3.8, 4) is 17.2 Å². The summed E-state index contributed by atoms with van der Waals surface area (Å²) in [4.78, 5) is 27.7. The molecule has 4 N–H and O–H groups in total. The maximum absolute atomic E-state index is 13.2. The van der Waals surface area contributed by atoms with Crippen LogP contribution in [0, 0.1) is 0 Å². The molecule has 3 heterocycles. The number of imidazole rings is 1. The Balaban J connectivity index is 1.78. The van der Waals surface area contributed by atoms with E-state index in [-0.39, 0.29) is 35.2 Å². The zero-order chi connectivity index (χ0) is 23.8. The predicted molar refractivity (Wildman–Crippen MR) is 111 cm³/mol. The third kappa shape index (κ3) is 4.37. The van der Waals surface area contributed by atoms with E-state index in [2.05, 4.69) is 25.3 Å². The maximum atomic E-state index is 13.2. The number of ether oxygens (including phenoxy) is 1. The fourth-order valence-corrected chi connectivity index (χ4v) is 3.26. The van der Waals surface area contributed by atoms with E-state index in [1.807, 2.05) is 0 Å². The molecule has 0 fully saturated rings. The molecule has 0 saturated carbocycles. The van der Waals surface area contributed by atoms with Gasteiger partial charge >= 0.3 is 6.18 Å². The Kier molecular flexibility index (Phi) is 5.77. The van der Waals surface area contributed by atoms with Crippen molar-refractivity contribution in [2.75, 3.05) is 7.11 Å². The number of carbonyl (C=O) groups excluding carboxylic acids is 1. The van der Waals surface area contributed by atoms with Crippen molar-refractivity contribution in [3.05, 3.63) is 59.6 Å². The molecule has 12 heteroatoms. The minimum atomic E-state index is -4.63. The number of alkyl halides is 3. The summed E-state index contributed by atoms with van der Waals surface area (Å²) >= 11 is 0. The first-order valence-corrected chi connectivity index (χ1v) is 9.77. The van der Waals surface area contributed by atoms with Gasteiger partial charge < -0.3 is 25.2 Å². The van der Waals surface area contributed by atoms with Gasteiger partial charge in [-0.1, -0.05) is 0 Å². The van der Waals surface area contributed by atoms with Gasteiger partial charge in [-0.2, -0.15) is 13.2 Å². The van der Waals surface area contributed by atoms with Crippen LogP contribution in [-0.4, -0.2) is 33.0 Å². The fourth-order valence-electron chi connectivity index (χ4n) is 3.26. The molecule has 0 unspecified atom stereocenters. The summed E-state index contributed by atoms with van der Waals surface area (Å²) in [7, 11) is 1.33. The van der Waals surface area contributed by atoms with Crippen LogP contribution in [0.2, 0.25) is 0 Å². The number of fused-ring (bicyclic) bond motifs is 1. The molecule has 0 bridgehead atoms. The molecule has 33 heavy (non-hydrogen) atoms. The van der Waals surface area contributed by atoms with E-state index < -0.39 is 23.8 Å². The number of carbonyl (C=O) groups is 1. The van der Waals surface area contributed by atoms with E-state index in [1.54, 1.807) is 25.4 Å². The number of halogens is 3. The Morgan fingerprint density at radius 1 is 1.27 bits per heavy atom. The topological polar surface area (TPSA) is 132 Å². The number of rotatable bonds is 6. The highest BCUT2D eigenvalue weighted by molar-refractivity contribution is 5.98. The number of nitrogens with zero attached hydrogens (tertiary/aromatic N) is 3. The van der Waals surface area contributed by atoms with E-state index in [0.717, 1.165) is 6.07 Å². The van der Waals surface area contributed by atoms with Gasteiger partial charge in [-0.05, 0) is 31.2 Å². The Bertz CT molecular complexity index is 1300. The Hall–Kier alpha value is -3.93. The monoisotopic (exact) mass is 460 g/mol. The van der Waals surface area contributed by atoms with E-state index in [9.17, 15) is 18.0 Å². The number of methoxy groups -OCH3 is 1. The molecule has 1 amide bonds. The molecule has 0 spiro atoms. The molecule has 4 rings (SSSR count). The lowest BCUT2D eigenvalue weighted by atomic mass is 10.1. The predicted octanol–water partition coefficient (Wildman–Crippen LogP) is 3.59. The zero-order valence-electron chi connectivity index (χ0n) is 17.5. The number of amides is 1. The molecular formula is C21H19F3N6O3. The third-order valence-electron chi connectivity index (χ3n) is 4.81. The lowest BCUT2D eigenvalue weighted by molar-refractivity contribution is -0.140. The highest BCUT2D eigenvalue weighted by Crippen LogP contribution is 2.37. The van der Waals surface area contributed by atoms with Crippen molar-refractivity contribution in [2.45, 2.75) is 25.7 Å². The molecule has 172 valence electrons. The van der Waals surface area contributed by atoms with Crippen LogP contribution >= 0.6 is 0 Å². The normalized spacial score (nSPS) is 12.7. The highest BCUT2D eigenvalue weighted by Gasteiger charge is 2.33. The molecule has 3 aromatic heterocycles. The SMILES string of the molecule is COc1ccc(-c2nc(C(=O)NCc3ncc[nH]3)c([C@H](C)N)o2)c2ccc(C(F)(F)F)nc12. The summed E-state index contributed by atoms with van der Waals surface area (Å²) in [5.74, 6) is 0.298. The van der Waals surface area contributed by atoms with E-state index in [4.69, 9.17) is 14.9 Å². The summed E-state index contributed by atoms with van der Waals surface area (Å²) in [6.07, 6.45) is -1.45. The summed E-state index contributed by atoms with van der Waals surface area (Å²) in [6, 6.07) is 4.47. The van der Waals surface area contributed by atoms with Crippen LogP contribution in [0.5, 0.6) is 5.75 Å². The number of hydrogen-bond acceptors (Lipinski definition) is 7. The van der Waals surface area contributed by atoms with Crippen molar-refractivity contribution in [2.24, 2.45) is 5.73 Å². The zero-order valence-corrected chi connectivity index (χ0v) is 17.5. The van der Waals surface area contributed by atoms with Gasteiger partial charge in [0.2, 0.25) is 5.89 Å². The van der Waals surface area contributed by atoms with Gasteiger partial charge in [0.15, 0.2) is 11.5 Å². The van der Waals surface area contributed by atoms with Crippen molar-refractivity contribution >= 4 is 16.8 Å². The van der Waals surface area contributed by atoms with Crippen LogP contribution in [0.15, 0.2) is 41.1 Å². The average Bonchev–Trinajstić information content (AvgIpc) is 3.46. The maximum Gasteiger partial charge on any atom is 0.433 e. The van der Waals surface area contributed by atoms with E-state index in [0.29, 0.717) is 16.8 Å². The number of nitrogens with two attached hydrogens (primary N) is 1. The number of aromatic nitrogens is 4. The number of pyridine rings is 1. The first kappa shape index (κ1) is 22.3. The Labute approximate surface area is 185 Å². The largest absolute Gasteiger partial charge is 0.494 e. The lowest BCUT2D eigenvalue weighted by Gasteiger charge is -2.11. The lowest BCUT2D eigenvalue weighted by Crippen LogP contribution is -2.25. The fraction of sp³-hybridized carbons (Fsp3) is 0.238. The molecule has 0 aliphatic carbocycles. The molecule has 0 saturated heterocycles. The third-order valence-corrected chi connectivity index (χ3v) is 4.81. The van der Waals surface area contributed by atoms with Crippen LogP contribution in [0.1, 0.15) is 40.7 Å². The van der Waals surface area contributed by atoms with Crippen LogP contribution in [0.3, 0.4) is 0 Å². The molecule has 1 aromatic carbocycles. The van der Waals surface area contributed by atoms with Gasteiger partial charge in [-0.25, -0.2) is 15.0 Å². The standard InChI is InChI=1S/C21H19F3N6O3/c1-10(25)18-17(19(31)28-9-15-26-7-8-27-15)30-20(33-18)12-3-5-13(32-2)16-11(12)4-6-14(29-16)21(22,23)24/h3-8,10H,9,25H2,1-2H3,(H,26,27)(H,28,31)/t10-/m0/s1. The molecular weight excluding hydrogens is 441 g/mol. The van der Waals surface area contributed by atoms with Gasteiger partial charge in [-0.3, -0.25) is 4.79 Å². The number of nitrogens with one attached hydrogen (secondary N) is 2. The second-order valence-corrected chi connectivity index (χ2v) is 7.14. The summed E-state index contributed by atoms with van der Waals surface area (Å²) in [5, 5.41) is 2.98. The number of benzene rings is 1. The van der Waals surface area contributed by atoms with Crippen LogP contribution in [-0.2, 0) is 12.7 Å². The van der Waals surface area contributed by atoms with E-state index in [1.165, 1.54) is 19.2 Å². The molecule has 4 aromatic rings. The summed E-state index contributed by atoms with van der Waals surface area (Å²) in [5.41, 5.74) is 5.19. The van der Waals surface area contributed by atoms with Crippen LogP contribution < -0.4 is 15.8 Å². The summed E-state index contributed by atoms with van der Waals surface area (Å²) in [6.45, 7) is 1.75. The molecule has 9 nitrogen and oxygen atoms in total. The van der Waals surface area contributed by atoms with Gasteiger partial charge in [0.1, 0.15) is 22.8 Å². The second kappa shape index (κ2) is 8.54. The van der Waals surface area contributed by atoms with Crippen molar-refractivity contribution in [1.29, 1.82) is 0 Å². The van der Waals surface area contributed by atoms with Crippen molar-refractivity contribution in [3.63, 3.8) is 0 Å². The summed E-state index contributed by atoms with van der Waals surface area (Å²) < 4.78 is 50.5. The molecule has 1 atom stereocenters. The van der Waals surface area contributed by atoms with Gasteiger partial charge in [-0.15, -0.1) is 0 Å². The van der Waals surface area contributed by atoms with Crippen molar-refractivity contribution in [1.82, 2.24) is 25.3 Å². The molecule has 0 aliphatic heterocycles. The number of oxazole rings is 1. The Morgan fingerprint density at radius 3 is 2.70 bits per heavy atom. The average molecular weight is 460 g/mol. The van der Waals surface area contributed by atoms with Gasteiger partial charge in [0, 0.05) is 23.3 Å². The highest BCUT2D eigenvalue weighted by atomic mass is 19.4. The number of hydrogen-bond donors (Lipinski definition) is 3. The number of aromatic amines is 1. The van der Waals surface area contributed by atoms with Crippen molar-refractivity contribution < 1.29 is 27.1 Å². The Morgan fingerprint density at radius 2 is 2.06 bits per heavy atom. The first-order chi connectivity index (χ1) is 15.7. The molecule has 0 aliphatic rings. The smallest absolute Gasteiger partial charge is 0.433 e. The van der Waals surface area contributed by atoms with Gasteiger partial charge in [0.25, 0.3) is 5.91 Å². The van der Waals surface area contributed by atoms with Gasteiger partial charge in [0.05, 0.1) is 19.7 Å². The minimum Gasteiger partial charge on any atom is -0.494 e. The quantitative estimate of drug-likeness (QED) is 0.401. The van der Waals surface area contributed by atoms with Crippen LogP contribution in [0.25, 0.3) is 22.4 Å². The second-order valence-electron chi connectivity index (χ2n) is 7.14. The van der Waals surface area contributed by atoms with Crippen LogP contribution in [0.4, 0.5) is 13.2 Å². The minimum absolute atomic E-state index is 0.0136.